The summed E-state index contributed by atoms with van der Waals surface area (Å²) in [7, 11) is 0. The van der Waals surface area contributed by atoms with Crippen LogP contribution >= 0.6 is 0 Å². The molecule has 27 heavy (non-hydrogen) atoms. The number of anilines is 1. The van der Waals surface area contributed by atoms with Crippen molar-refractivity contribution in [2.75, 3.05) is 11.9 Å². The first-order valence-electron chi connectivity index (χ1n) is 8.22. The van der Waals surface area contributed by atoms with Gasteiger partial charge < -0.3 is 10.1 Å². The average Bonchev–Trinajstić information content (AvgIpc) is 3.17. The van der Waals surface area contributed by atoms with Crippen LogP contribution in [0.3, 0.4) is 0 Å². The number of H-pyrrole nitrogens is 1. The number of hydrogen-bond acceptors (Lipinski definition) is 5. The third kappa shape index (κ3) is 4.66. The molecular weight excluding hydrogens is 346 g/mol. The second-order valence-electron chi connectivity index (χ2n) is 5.79. The van der Waals surface area contributed by atoms with E-state index in [0.29, 0.717) is 16.9 Å². The number of carbonyl (C=O) groups is 3. The van der Waals surface area contributed by atoms with Gasteiger partial charge in [0.05, 0.1) is 5.69 Å². The summed E-state index contributed by atoms with van der Waals surface area (Å²) < 4.78 is 5.06. The molecule has 1 amide bonds. The minimum absolute atomic E-state index is 0.169. The second-order valence-corrected chi connectivity index (χ2v) is 5.79. The summed E-state index contributed by atoms with van der Waals surface area (Å²) in [4.78, 5) is 35.3. The fraction of sp³-hybridized carbons (Fsp3) is 0.100. The maximum atomic E-state index is 12.2. The molecular formula is C20H17N3O4. The van der Waals surface area contributed by atoms with Crippen molar-refractivity contribution in [3.05, 3.63) is 71.9 Å². The summed E-state index contributed by atoms with van der Waals surface area (Å²) in [6.07, 6.45) is 0. The Balaban J connectivity index is 1.58. The molecule has 0 fully saturated rings. The van der Waals surface area contributed by atoms with Crippen LogP contribution in [0.2, 0.25) is 0 Å². The summed E-state index contributed by atoms with van der Waals surface area (Å²) in [6.45, 7) is 1.01. The van der Waals surface area contributed by atoms with Gasteiger partial charge >= 0.3 is 5.97 Å². The Morgan fingerprint density at radius 1 is 1.04 bits per heavy atom. The highest BCUT2D eigenvalue weighted by atomic mass is 16.5. The number of aromatic nitrogens is 2. The Bertz CT molecular complexity index is 962. The number of rotatable bonds is 6. The number of esters is 1. The van der Waals surface area contributed by atoms with Crippen molar-refractivity contribution < 1.29 is 19.1 Å². The number of amides is 1. The summed E-state index contributed by atoms with van der Waals surface area (Å²) >= 11 is 0. The van der Waals surface area contributed by atoms with E-state index >= 15 is 0 Å². The van der Waals surface area contributed by atoms with E-state index in [9.17, 15) is 14.4 Å². The lowest BCUT2D eigenvalue weighted by Gasteiger charge is -2.05. The number of benzene rings is 2. The molecule has 7 heteroatoms. The first kappa shape index (κ1) is 18.1. The maximum Gasteiger partial charge on any atom is 0.356 e. The molecule has 0 unspecified atom stereocenters. The van der Waals surface area contributed by atoms with Gasteiger partial charge in [0.2, 0.25) is 5.91 Å². The number of Topliss-reactive ketones (excluding diaryl/α,β-unsaturated/α-hetero) is 1. The predicted octanol–water partition coefficient (Wildman–Crippen LogP) is 3.07. The molecule has 0 aliphatic rings. The van der Waals surface area contributed by atoms with Crippen LogP contribution in [-0.2, 0) is 9.53 Å². The molecule has 0 saturated heterocycles. The van der Waals surface area contributed by atoms with E-state index in [1.165, 1.54) is 6.92 Å². The number of ether oxygens (including phenoxy) is 1. The standard InChI is InChI=1S/C20H17N3O4/c1-13(24)21-16-9-7-15(8-10-16)19(25)12-27-20(26)18-11-17(22-23-18)14-5-3-2-4-6-14/h2-11H,12H2,1H3,(H,21,24)(H,22,23). The normalized spacial score (nSPS) is 10.3. The van der Waals surface area contributed by atoms with Crippen LogP contribution in [-0.4, -0.2) is 34.5 Å². The van der Waals surface area contributed by atoms with Gasteiger partial charge in [0.1, 0.15) is 5.69 Å². The zero-order valence-corrected chi connectivity index (χ0v) is 14.6. The van der Waals surface area contributed by atoms with Crippen molar-refractivity contribution in [3.63, 3.8) is 0 Å². The molecule has 1 aromatic heterocycles. The molecule has 0 saturated carbocycles. The fourth-order valence-electron chi connectivity index (χ4n) is 2.42. The summed E-state index contributed by atoms with van der Waals surface area (Å²) in [5.41, 5.74) is 2.61. The number of nitrogens with one attached hydrogen (secondary N) is 2. The van der Waals surface area contributed by atoms with E-state index in [4.69, 9.17) is 4.74 Å². The van der Waals surface area contributed by atoms with E-state index in [1.807, 2.05) is 30.3 Å². The molecule has 136 valence electrons. The second kappa shape index (κ2) is 8.09. The van der Waals surface area contributed by atoms with Crippen LogP contribution in [0.4, 0.5) is 5.69 Å². The van der Waals surface area contributed by atoms with Crippen molar-refractivity contribution in [2.24, 2.45) is 0 Å². The monoisotopic (exact) mass is 363 g/mol. The largest absolute Gasteiger partial charge is 0.453 e. The summed E-state index contributed by atoms with van der Waals surface area (Å²) in [6, 6.07) is 17.3. The zero-order chi connectivity index (χ0) is 19.2. The quantitative estimate of drug-likeness (QED) is 0.518. The Hall–Kier alpha value is -3.74. The average molecular weight is 363 g/mol. The first-order chi connectivity index (χ1) is 13.0. The molecule has 0 spiro atoms. The van der Waals surface area contributed by atoms with E-state index in [-0.39, 0.29) is 17.4 Å². The number of aromatic amines is 1. The third-order valence-electron chi connectivity index (χ3n) is 3.73. The summed E-state index contributed by atoms with van der Waals surface area (Å²) in [5.74, 6) is -1.20. The molecule has 3 aromatic rings. The van der Waals surface area contributed by atoms with E-state index in [1.54, 1.807) is 30.3 Å². The molecule has 2 aromatic carbocycles. The van der Waals surface area contributed by atoms with Crippen molar-refractivity contribution in [3.8, 4) is 11.3 Å². The van der Waals surface area contributed by atoms with Gasteiger partial charge in [0, 0.05) is 23.7 Å². The highest BCUT2D eigenvalue weighted by molar-refractivity contribution is 5.99. The molecule has 0 bridgehead atoms. The molecule has 0 aliphatic carbocycles. The van der Waals surface area contributed by atoms with Gasteiger partial charge in [-0.2, -0.15) is 5.10 Å². The van der Waals surface area contributed by atoms with Crippen LogP contribution in [0, 0.1) is 0 Å². The van der Waals surface area contributed by atoms with E-state index in [0.717, 1.165) is 5.56 Å². The SMILES string of the molecule is CC(=O)Nc1ccc(C(=O)COC(=O)c2cc(-c3ccccc3)n[nH]2)cc1. The zero-order valence-electron chi connectivity index (χ0n) is 14.6. The number of hydrogen-bond donors (Lipinski definition) is 2. The van der Waals surface area contributed by atoms with Gasteiger partial charge in [-0.05, 0) is 30.3 Å². The Labute approximate surface area is 155 Å². The number of carbonyl (C=O) groups excluding carboxylic acids is 3. The van der Waals surface area contributed by atoms with E-state index in [2.05, 4.69) is 15.5 Å². The molecule has 0 atom stereocenters. The molecule has 1 heterocycles. The fourth-order valence-corrected chi connectivity index (χ4v) is 2.42. The lowest BCUT2D eigenvalue weighted by atomic mass is 10.1. The van der Waals surface area contributed by atoms with Gasteiger partial charge in [-0.25, -0.2) is 4.79 Å². The molecule has 0 aliphatic heterocycles. The van der Waals surface area contributed by atoms with Crippen LogP contribution in [0.1, 0.15) is 27.8 Å². The Morgan fingerprint density at radius 3 is 2.41 bits per heavy atom. The van der Waals surface area contributed by atoms with Crippen LogP contribution in [0.25, 0.3) is 11.3 Å². The lowest BCUT2D eigenvalue weighted by Crippen LogP contribution is -2.14. The lowest BCUT2D eigenvalue weighted by molar-refractivity contribution is -0.114. The van der Waals surface area contributed by atoms with Crippen LogP contribution < -0.4 is 5.32 Å². The topological polar surface area (TPSA) is 101 Å². The highest BCUT2D eigenvalue weighted by Crippen LogP contribution is 2.17. The van der Waals surface area contributed by atoms with Crippen molar-refractivity contribution >= 4 is 23.3 Å². The van der Waals surface area contributed by atoms with E-state index < -0.39 is 12.6 Å². The van der Waals surface area contributed by atoms with Crippen LogP contribution in [0.15, 0.2) is 60.7 Å². The van der Waals surface area contributed by atoms with Gasteiger partial charge in [-0.1, -0.05) is 30.3 Å². The van der Waals surface area contributed by atoms with Gasteiger partial charge in [0.25, 0.3) is 0 Å². The molecule has 7 nitrogen and oxygen atoms in total. The molecule has 0 radical (unpaired) electrons. The predicted molar refractivity (Wildman–Crippen MR) is 99.4 cm³/mol. The Morgan fingerprint density at radius 2 is 1.74 bits per heavy atom. The summed E-state index contributed by atoms with van der Waals surface area (Å²) in [5, 5.41) is 9.31. The molecule has 2 N–H and O–H groups in total. The Kier molecular flexibility index (Phi) is 5.41. The van der Waals surface area contributed by atoms with Gasteiger partial charge in [0.15, 0.2) is 12.4 Å². The number of ketones is 1. The highest BCUT2D eigenvalue weighted by Gasteiger charge is 2.15. The van der Waals surface area contributed by atoms with Crippen molar-refractivity contribution in [1.29, 1.82) is 0 Å². The van der Waals surface area contributed by atoms with Crippen molar-refractivity contribution in [1.82, 2.24) is 10.2 Å². The number of nitrogens with zero attached hydrogens (tertiary/aromatic N) is 1. The third-order valence-corrected chi connectivity index (χ3v) is 3.73. The first-order valence-corrected chi connectivity index (χ1v) is 8.22. The smallest absolute Gasteiger partial charge is 0.356 e. The van der Waals surface area contributed by atoms with Crippen LogP contribution in [0.5, 0.6) is 0 Å². The maximum absolute atomic E-state index is 12.2. The van der Waals surface area contributed by atoms with Gasteiger partial charge in [-0.3, -0.25) is 14.7 Å². The minimum Gasteiger partial charge on any atom is -0.453 e. The minimum atomic E-state index is -0.659. The molecule has 3 rings (SSSR count). The van der Waals surface area contributed by atoms with Crippen molar-refractivity contribution in [2.45, 2.75) is 6.92 Å². The van der Waals surface area contributed by atoms with Gasteiger partial charge in [-0.15, -0.1) is 0 Å².